The molecule has 3 aromatic heterocycles. The molecule has 2 N–H and O–H groups in total. The largest absolute Gasteiger partial charge is 0.394 e. The predicted octanol–water partition coefficient (Wildman–Crippen LogP) is 2.95. The fraction of sp³-hybridized carbons (Fsp3) is 0.450. The Hall–Kier alpha value is -2.19. The van der Waals surface area contributed by atoms with Crippen LogP contribution < -0.4 is 10.2 Å². The van der Waals surface area contributed by atoms with Crippen LogP contribution in [0.5, 0.6) is 0 Å². The Morgan fingerprint density at radius 3 is 2.96 bits per heavy atom. The Kier molecular flexibility index (Phi) is 4.10. The van der Waals surface area contributed by atoms with Crippen LogP contribution in [-0.4, -0.2) is 43.9 Å². The van der Waals surface area contributed by atoms with Crippen molar-refractivity contribution in [1.82, 2.24) is 19.6 Å². The highest BCUT2D eigenvalue weighted by Gasteiger charge is 2.66. The molecule has 0 amide bonds. The molecule has 1 saturated heterocycles. The van der Waals surface area contributed by atoms with Crippen molar-refractivity contribution in [3.8, 4) is 0 Å². The van der Waals surface area contributed by atoms with Crippen LogP contribution in [0.1, 0.15) is 19.4 Å². The fourth-order valence-electron chi connectivity index (χ4n) is 4.81. The summed E-state index contributed by atoms with van der Waals surface area (Å²) in [7, 11) is 0. The van der Waals surface area contributed by atoms with Crippen LogP contribution in [0, 0.1) is 17.3 Å². The molecule has 3 aromatic rings. The Morgan fingerprint density at radius 2 is 2.21 bits per heavy atom. The number of nitrogens with one attached hydrogen (secondary N) is 1. The Labute approximate surface area is 171 Å². The first-order valence-corrected chi connectivity index (χ1v) is 10.3. The van der Waals surface area contributed by atoms with Gasteiger partial charge in [0.15, 0.2) is 5.65 Å². The topological polar surface area (TPSA) is 78.6 Å². The molecular formula is C20H23BrN6O. The van der Waals surface area contributed by atoms with E-state index in [2.05, 4.69) is 50.1 Å². The number of nitrogens with zero attached hydrogens (tertiary/aromatic N) is 5. The van der Waals surface area contributed by atoms with Crippen LogP contribution in [0.2, 0.25) is 0 Å². The number of piperidine rings is 1. The number of aliphatic hydroxyl groups is 1. The van der Waals surface area contributed by atoms with Gasteiger partial charge in [0.1, 0.15) is 11.6 Å². The summed E-state index contributed by atoms with van der Waals surface area (Å²) in [5, 5.41) is 18.0. The average Bonchev–Trinajstić information content (AvgIpc) is 3.05. The van der Waals surface area contributed by atoms with Crippen LogP contribution in [0.25, 0.3) is 5.65 Å². The highest BCUT2D eigenvalue weighted by Crippen LogP contribution is 2.65. The highest BCUT2D eigenvalue weighted by molar-refractivity contribution is 9.10. The van der Waals surface area contributed by atoms with Gasteiger partial charge in [0.2, 0.25) is 0 Å². The summed E-state index contributed by atoms with van der Waals surface area (Å²) >= 11 is 3.56. The third-order valence-corrected chi connectivity index (χ3v) is 7.00. The lowest BCUT2D eigenvalue weighted by Gasteiger charge is -2.31. The van der Waals surface area contributed by atoms with Gasteiger partial charge in [-0.05, 0) is 44.8 Å². The van der Waals surface area contributed by atoms with E-state index in [9.17, 15) is 5.11 Å². The standard InChI is InChI=1S/C20H23BrN6O/c1-20(2)13-10-26(15(11-28)18(13)20)17-6-16(23-8-12-4-3-5-22-7-12)27-19(25-17)14(21)9-24-27/h3-7,9,13,15,18,23,28H,8,10-11H2,1-2H3. The summed E-state index contributed by atoms with van der Waals surface area (Å²) in [6.07, 6.45) is 5.38. The van der Waals surface area contributed by atoms with Gasteiger partial charge < -0.3 is 15.3 Å². The van der Waals surface area contributed by atoms with E-state index in [1.807, 2.05) is 24.4 Å². The second-order valence-corrected chi connectivity index (χ2v) is 9.15. The lowest BCUT2D eigenvalue weighted by atomic mass is 10.0. The molecule has 1 aliphatic heterocycles. The van der Waals surface area contributed by atoms with E-state index in [1.54, 1.807) is 16.9 Å². The van der Waals surface area contributed by atoms with Gasteiger partial charge in [0.25, 0.3) is 0 Å². The van der Waals surface area contributed by atoms with E-state index in [0.717, 1.165) is 33.9 Å². The molecule has 0 spiro atoms. The maximum absolute atomic E-state index is 10.1. The van der Waals surface area contributed by atoms with E-state index in [0.29, 0.717) is 23.8 Å². The van der Waals surface area contributed by atoms with E-state index < -0.39 is 0 Å². The van der Waals surface area contributed by atoms with Crippen molar-refractivity contribution in [2.24, 2.45) is 17.3 Å². The molecule has 28 heavy (non-hydrogen) atoms. The molecule has 8 heteroatoms. The zero-order valence-corrected chi connectivity index (χ0v) is 17.5. The van der Waals surface area contributed by atoms with Crippen molar-refractivity contribution >= 4 is 33.2 Å². The van der Waals surface area contributed by atoms with Crippen LogP contribution in [-0.2, 0) is 6.54 Å². The Morgan fingerprint density at radius 1 is 1.36 bits per heavy atom. The normalized spacial score (nSPS) is 25.1. The number of fused-ring (bicyclic) bond motifs is 2. The van der Waals surface area contributed by atoms with E-state index in [4.69, 9.17) is 4.98 Å². The molecule has 3 unspecified atom stereocenters. The highest BCUT2D eigenvalue weighted by atomic mass is 79.9. The number of rotatable bonds is 5. The molecular weight excluding hydrogens is 420 g/mol. The van der Waals surface area contributed by atoms with E-state index in [-0.39, 0.29) is 12.6 Å². The molecule has 1 aliphatic carbocycles. The van der Waals surface area contributed by atoms with Gasteiger partial charge in [0, 0.05) is 31.5 Å². The number of halogens is 1. The van der Waals surface area contributed by atoms with Gasteiger partial charge >= 0.3 is 0 Å². The number of hydrogen-bond acceptors (Lipinski definition) is 6. The molecule has 5 rings (SSSR count). The zero-order chi connectivity index (χ0) is 19.5. The van der Waals surface area contributed by atoms with Crippen molar-refractivity contribution in [2.45, 2.75) is 26.4 Å². The van der Waals surface area contributed by atoms with Gasteiger partial charge in [-0.2, -0.15) is 9.61 Å². The molecule has 2 fully saturated rings. The second kappa shape index (κ2) is 6.42. The van der Waals surface area contributed by atoms with Crippen LogP contribution in [0.3, 0.4) is 0 Å². The van der Waals surface area contributed by atoms with Crippen molar-refractivity contribution in [2.75, 3.05) is 23.4 Å². The van der Waals surface area contributed by atoms with Gasteiger partial charge in [-0.1, -0.05) is 19.9 Å². The van der Waals surface area contributed by atoms with Crippen LogP contribution in [0.15, 0.2) is 41.3 Å². The smallest absolute Gasteiger partial charge is 0.173 e. The SMILES string of the molecule is CC1(C)C2CN(c3cc(NCc4cccnc4)n4ncc(Br)c4n3)C(CO)C21. The fourth-order valence-corrected chi connectivity index (χ4v) is 5.16. The summed E-state index contributed by atoms with van der Waals surface area (Å²) < 4.78 is 2.66. The molecule has 146 valence electrons. The van der Waals surface area contributed by atoms with Crippen molar-refractivity contribution in [3.63, 3.8) is 0 Å². The number of anilines is 2. The Bertz CT molecular complexity index is 1020. The molecule has 4 heterocycles. The Balaban J connectivity index is 1.49. The van der Waals surface area contributed by atoms with Crippen molar-refractivity contribution < 1.29 is 5.11 Å². The summed E-state index contributed by atoms with van der Waals surface area (Å²) in [6, 6.07) is 6.11. The minimum absolute atomic E-state index is 0.114. The number of hydrogen-bond donors (Lipinski definition) is 2. The van der Waals surface area contributed by atoms with Gasteiger partial charge in [0.05, 0.1) is 23.3 Å². The van der Waals surface area contributed by atoms with Gasteiger partial charge in [-0.15, -0.1) is 0 Å². The quantitative estimate of drug-likeness (QED) is 0.632. The van der Waals surface area contributed by atoms with Crippen molar-refractivity contribution in [1.29, 1.82) is 0 Å². The molecule has 0 aromatic carbocycles. The van der Waals surface area contributed by atoms with E-state index >= 15 is 0 Å². The van der Waals surface area contributed by atoms with Crippen molar-refractivity contribution in [3.05, 3.63) is 46.8 Å². The van der Waals surface area contributed by atoms with Gasteiger partial charge in [-0.3, -0.25) is 4.98 Å². The van der Waals surface area contributed by atoms with E-state index in [1.165, 1.54) is 0 Å². The first-order valence-electron chi connectivity index (χ1n) is 9.55. The minimum Gasteiger partial charge on any atom is -0.394 e. The average molecular weight is 443 g/mol. The molecule has 3 atom stereocenters. The lowest BCUT2D eigenvalue weighted by Crippen LogP contribution is -2.39. The van der Waals surface area contributed by atoms with Crippen LogP contribution >= 0.6 is 15.9 Å². The van der Waals surface area contributed by atoms with Gasteiger partial charge in [-0.25, -0.2) is 4.98 Å². The lowest BCUT2D eigenvalue weighted by molar-refractivity contribution is 0.241. The predicted molar refractivity (Wildman–Crippen MR) is 111 cm³/mol. The summed E-state index contributed by atoms with van der Waals surface area (Å²) in [6.45, 7) is 6.32. The molecule has 2 aliphatic rings. The second-order valence-electron chi connectivity index (χ2n) is 8.30. The number of aromatic nitrogens is 4. The minimum atomic E-state index is 0.114. The maximum atomic E-state index is 10.1. The first-order chi connectivity index (χ1) is 13.5. The monoisotopic (exact) mass is 442 g/mol. The number of aliphatic hydroxyl groups excluding tert-OH is 1. The molecule has 1 saturated carbocycles. The maximum Gasteiger partial charge on any atom is 0.173 e. The third-order valence-electron chi connectivity index (χ3n) is 6.44. The van der Waals surface area contributed by atoms with Crippen LogP contribution in [0.4, 0.5) is 11.6 Å². The summed E-state index contributed by atoms with van der Waals surface area (Å²) in [5.74, 6) is 2.88. The first kappa shape index (κ1) is 17.9. The summed E-state index contributed by atoms with van der Waals surface area (Å²) in [5.41, 5.74) is 2.17. The molecule has 0 radical (unpaired) electrons. The molecule has 0 bridgehead atoms. The molecule has 7 nitrogen and oxygen atoms in total. The summed E-state index contributed by atoms with van der Waals surface area (Å²) in [4.78, 5) is 11.3. The zero-order valence-electron chi connectivity index (χ0n) is 15.9. The third kappa shape index (κ3) is 2.69. The number of pyridine rings is 1.